The van der Waals surface area contributed by atoms with Crippen LogP contribution >= 0.6 is 15.9 Å². The van der Waals surface area contributed by atoms with Crippen molar-refractivity contribution >= 4 is 22.0 Å². The van der Waals surface area contributed by atoms with Gasteiger partial charge in [-0.1, -0.05) is 39.3 Å². The first-order valence-electron chi connectivity index (χ1n) is 4.34. The molecule has 0 amide bonds. The summed E-state index contributed by atoms with van der Waals surface area (Å²) in [5, 5.41) is 12.4. The van der Waals surface area contributed by atoms with Crippen molar-refractivity contribution in [3.63, 3.8) is 0 Å². The molecular weight excluding hydrogens is 258 g/mol. The van der Waals surface area contributed by atoms with Crippen molar-refractivity contribution < 1.29 is 5.11 Å². The average molecular weight is 268 g/mol. The van der Waals surface area contributed by atoms with Crippen molar-refractivity contribution in [1.29, 1.82) is 0 Å². The summed E-state index contributed by atoms with van der Waals surface area (Å²) in [6, 6.07) is 5.66. The number of hydrogen-bond donors (Lipinski definition) is 1. The third-order valence-electron chi connectivity index (χ3n) is 1.80. The summed E-state index contributed by atoms with van der Waals surface area (Å²) >= 11 is 3.33. The molecule has 0 unspecified atom stereocenters. The summed E-state index contributed by atoms with van der Waals surface area (Å²) in [7, 11) is 0. The molecule has 0 heterocycles. The van der Waals surface area contributed by atoms with E-state index >= 15 is 0 Å². The lowest BCUT2D eigenvalue weighted by atomic mass is 10.1. The van der Waals surface area contributed by atoms with Crippen LogP contribution in [0.2, 0.25) is 0 Å². The molecule has 0 aromatic heterocycles. The van der Waals surface area contributed by atoms with Gasteiger partial charge in [0.2, 0.25) is 0 Å². The Kier molecular flexibility index (Phi) is 4.90. The lowest BCUT2D eigenvalue weighted by Gasteiger charge is -2.01. The van der Waals surface area contributed by atoms with E-state index in [1.807, 2.05) is 24.3 Å². The van der Waals surface area contributed by atoms with Gasteiger partial charge in [0.25, 0.3) is 0 Å². The molecule has 1 rings (SSSR count). The molecular formula is C10H10BrN3O. The summed E-state index contributed by atoms with van der Waals surface area (Å²) in [6.07, 6.45) is 3.62. The summed E-state index contributed by atoms with van der Waals surface area (Å²) in [6.45, 7) is 0.333. The van der Waals surface area contributed by atoms with Crippen LogP contribution in [-0.4, -0.2) is 11.7 Å². The number of benzene rings is 1. The molecule has 1 N–H and O–H groups in total. The third-order valence-corrected chi connectivity index (χ3v) is 2.57. The molecule has 0 aliphatic rings. The minimum absolute atomic E-state index is 0.00138. The van der Waals surface area contributed by atoms with Crippen molar-refractivity contribution in [1.82, 2.24) is 0 Å². The Morgan fingerprint density at radius 1 is 1.53 bits per heavy atom. The van der Waals surface area contributed by atoms with Crippen LogP contribution < -0.4 is 0 Å². The van der Waals surface area contributed by atoms with E-state index in [1.54, 1.807) is 6.08 Å². The summed E-state index contributed by atoms with van der Waals surface area (Å²) in [4.78, 5) is 2.64. The van der Waals surface area contributed by atoms with Crippen LogP contribution in [0.3, 0.4) is 0 Å². The maximum atomic E-state index is 9.03. The first kappa shape index (κ1) is 11.8. The van der Waals surface area contributed by atoms with E-state index in [0.717, 1.165) is 15.6 Å². The minimum Gasteiger partial charge on any atom is -0.392 e. The van der Waals surface area contributed by atoms with Crippen LogP contribution in [-0.2, 0) is 6.61 Å². The third kappa shape index (κ3) is 3.75. The van der Waals surface area contributed by atoms with Gasteiger partial charge in [0.15, 0.2) is 0 Å². The highest BCUT2D eigenvalue weighted by Gasteiger charge is 1.97. The minimum atomic E-state index is -0.00138. The van der Waals surface area contributed by atoms with Crippen LogP contribution in [0.4, 0.5) is 0 Å². The smallest absolute Gasteiger partial charge is 0.0693 e. The Morgan fingerprint density at radius 2 is 2.33 bits per heavy atom. The molecule has 0 aliphatic carbocycles. The lowest BCUT2D eigenvalue weighted by molar-refractivity contribution is 0.281. The molecule has 0 fully saturated rings. The topological polar surface area (TPSA) is 69.0 Å². The summed E-state index contributed by atoms with van der Waals surface area (Å²) in [5.74, 6) is 0. The lowest BCUT2D eigenvalue weighted by Crippen LogP contribution is -1.86. The molecule has 1 aromatic carbocycles. The molecule has 1 aromatic rings. The number of azide groups is 1. The molecule has 0 spiro atoms. The predicted molar refractivity (Wildman–Crippen MR) is 63.1 cm³/mol. The zero-order chi connectivity index (χ0) is 11.1. The SMILES string of the molecule is [N-]=[N+]=NCC=Cc1ccc(Br)c(CO)c1. The second kappa shape index (κ2) is 6.24. The summed E-state index contributed by atoms with van der Waals surface area (Å²) in [5.41, 5.74) is 9.87. The van der Waals surface area contributed by atoms with Crippen molar-refractivity contribution in [2.75, 3.05) is 6.54 Å². The van der Waals surface area contributed by atoms with Gasteiger partial charge in [-0.2, -0.15) is 0 Å². The second-order valence-electron chi connectivity index (χ2n) is 2.82. The maximum absolute atomic E-state index is 9.03. The van der Waals surface area contributed by atoms with E-state index in [0.29, 0.717) is 6.54 Å². The highest BCUT2D eigenvalue weighted by atomic mass is 79.9. The van der Waals surface area contributed by atoms with E-state index in [4.69, 9.17) is 10.6 Å². The fraction of sp³-hybridized carbons (Fsp3) is 0.200. The first-order chi connectivity index (χ1) is 7.27. The molecule has 0 atom stereocenters. The van der Waals surface area contributed by atoms with Crippen LogP contribution in [0.5, 0.6) is 0 Å². The number of halogens is 1. The molecule has 4 nitrogen and oxygen atoms in total. The number of nitrogens with zero attached hydrogens (tertiary/aromatic N) is 3. The number of rotatable bonds is 4. The highest BCUT2D eigenvalue weighted by molar-refractivity contribution is 9.10. The Morgan fingerprint density at radius 3 is 3.00 bits per heavy atom. The number of aliphatic hydroxyl groups excluding tert-OH is 1. The van der Waals surface area contributed by atoms with E-state index < -0.39 is 0 Å². The zero-order valence-electron chi connectivity index (χ0n) is 7.97. The van der Waals surface area contributed by atoms with E-state index in [1.165, 1.54) is 0 Å². The monoisotopic (exact) mass is 267 g/mol. The van der Waals surface area contributed by atoms with Gasteiger partial charge < -0.3 is 5.11 Å². The van der Waals surface area contributed by atoms with Crippen molar-refractivity contribution in [2.45, 2.75) is 6.61 Å². The Hall–Kier alpha value is -1.29. The highest BCUT2D eigenvalue weighted by Crippen LogP contribution is 2.18. The molecule has 0 saturated carbocycles. The van der Waals surface area contributed by atoms with Gasteiger partial charge in [-0.15, -0.1) is 0 Å². The summed E-state index contributed by atoms with van der Waals surface area (Å²) < 4.78 is 0.886. The average Bonchev–Trinajstić information content (AvgIpc) is 2.26. The molecule has 78 valence electrons. The number of hydrogen-bond acceptors (Lipinski definition) is 2. The molecule has 0 radical (unpaired) electrons. The van der Waals surface area contributed by atoms with Gasteiger partial charge in [-0.3, -0.25) is 0 Å². The van der Waals surface area contributed by atoms with Crippen molar-refractivity contribution in [3.8, 4) is 0 Å². The first-order valence-corrected chi connectivity index (χ1v) is 5.14. The van der Waals surface area contributed by atoms with Gasteiger partial charge in [0, 0.05) is 15.9 Å². The fourth-order valence-corrected chi connectivity index (χ4v) is 1.46. The maximum Gasteiger partial charge on any atom is 0.0693 e. The fourth-order valence-electron chi connectivity index (χ4n) is 1.09. The molecule has 0 aliphatic heterocycles. The van der Waals surface area contributed by atoms with Crippen LogP contribution in [0.15, 0.2) is 33.9 Å². The molecule has 5 heteroatoms. The molecule has 0 saturated heterocycles. The standard InChI is InChI=1S/C10H10BrN3O/c11-10-4-3-8(6-9(10)7-15)2-1-5-13-14-12/h1-4,6,15H,5,7H2. The number of aliphatic hydroxyl groups is 1. The van der Waals surface area contributed by atoms with Gasteiger partial charge in [-0.25, -0.2) is 0 Å². The Bertz CT molecular complexity index is 411. The molecule has 15 heavy (non-hydrogen) atoms. The van der Waals surface area contributed by atoms with E-state index in [9.17, 15) is 0 Å². The quantitative estimate of drug-likeness (QED) is 0.508. The van der Waals surface area contributed by atoms with Gasteiger partial charge >= 0.3 is 0 Å². The Labute approximate surface area is 96.0 Å². The largest absolute Gasteiger partial charge is 0.392 e. The Balaban J connectivity index is 2.78. The van der Waals surface area contributed by atoms with Crippen LogP contribution in [0.1, 0.15) is 11.1 Å². The van der Waals surface area contributed by atoms with Gasteiger partial charge in [0.05, 0.1) is 6.61 Å². The van der Waals surface area contributed by atoms with E-state index in [2.05, 4.69) is 26.0 Å². The van der Waals surface area contributed by atoms with Crippen LogP contribution in [0.25, 0.3) is 16.5 Å². The van der Waals surface area contributed by atoms with E-state index in [-0.39, 0.29) is 6.61 Å². The van der Waals surface area contributed by atoms with Crippen LogP contribution in [0, 0.1) is 0 Å². The normalized spacial score (nSPS) is 10.3. The van der Waals surface area contributed by atoms with Crippen molar-refractivity contribution in [2.24, 2.45) is 5.11 Å². The van der Waals surface area contributed by atoms with Gasteiger partial charge in [-0.05, 0) is 28.8 Å². The van der Waals surface area contributed by atoms with Crippen molar-refractivity contribution in [3.05, 3.63) is 50.3 Å². The second-order valence-corrected chi connectivity index (χ2v) is 3.68. The molecule has 0 bridgehead atoms. The zero-order valence-corrected chi connectivity index (χ0v) is 9.55. The predicted octanol–water partition coefficient (Wildman–Crippen LogP) is 3.26. The van der Waals surface area contributed by atoms with Gasteiger partial charge in [0.1, 0.15) is 0 Å².